The van der Waals surface area contributed by atoms with Gasteiger partial charge in [-0.3, -0.25) is 0 Å². The number of benzene rings is 2. The zero-order valence-corrected chi connectivity index (χ0v) is 9.75. The lowest BCUT2D eigenvalue weighted by atomic mass is 10.2. The van der Waals surface area contributed by atoms with Gasteiger partial charge in [0.25, 0.3) is 0 Å². The lowest BCUT2D eigenvalue weighted by molar-refractivity contribution is 0.306. The van der Waals surface area contributed by atoms with Gasteiger partial charge in [-0.1, -0.05) is 23.7 Å². The second kappa shape index (κ2) is 5.06. The normalized spacial score (nSPS) is 10.2. The van der Waals surface area contributed by atoms with E-state index in [-0.39, 0.29) is 5.82 Å². The molecule has 0 aromatic heterocycles. The molecule has 0 fully saturated rings. The van der Waals surface area contributed by atoms with E-state index in [9.17, 15) is 4.39 Å². The zero-order valence-electron chi connectivity index (χ0n) is 8.99. The highest BCUT2D eigenvalue weighted by atomic mass is 35.5. The molecule has 0 saturated carbocycles. The highest BCUT2D eigenvalue weighted by Gasteiger charge is 2.02. The Balaban J connectivity index is 2.04. The molecule has 0 radical (unpaired) electrons. The first-order chi connectivity index (χ1) is 8.15. The van der Waals surface area contributed by atoms with Crippen LogP contribution in [0.2, 0.25) is 5.02 Å². The summed E-state index contributed by atoms with van der Waals surface area (Å²) in [6.45, 7) is 0.337. The quantitative estimate of drug-likeness (QED) is 0.846. The van der Waals surface area contributed by atoms with Crippen LogP contribution in [0.4, 0.5) is 10.1 Å². The molecule has 2 aromatic carbocycles. The van der Waals surface area contributed by atoms with Crippen molar-refractivity contribution in [1.29, 1.82) is 0 Å². The minimum Gasteiger partial charge on any atom is -0.487 e. The fourth-order valence-corrected chi connectivity index (χ4v) is 1.62. The predicted octanol–water partition coefficient (Wildman–Crippen LogP) is 3.64. The molecular formula is C13H11ClFNO. The second-order valence-corrected chi connectivity index (χ2v) is 4.01. The third-order valence-electron chi connectivity index (χ3n) is 2.26. The number of nitrogens with two attached hydrogens (primary N) is 1. The summed E-state index contributed by atoms with van der Waals surface area (Å²) < 4.78 is 18.2. The van der Waals surface area contributed by atoms with Crippen LogP contribution in [0.1, 0.15) is 5.56 Å². The Labute approximate surface area is 104 Å². The van der Waals surface area contributed by atoms with Crippen LogP contribution < -0.4 is 10.5 Å². The summed E-state index contributed by atoms with van der Waals surface area (Å²) in [5, 5.41) is 0.465. The van der Waals surface area contributed by atoms with E-state index >= 15 is 0 Å². The molecule has 2 nitrogen and oxygen atoms in total. The molecule has 4 heteroatoms. The lowest BCUT2D eigenvalue weighted by Crippen LogP contribution is -1.96. The van der Waals surface area contributed by atoms with Crippen molar-refractivity contribution in [2.75, 3.05) is 5.73 Å². The van der Waals surface area contributed by atoms with Crippen LogP contribution in [0.15, 0.2) is 42.5 Å². The maximum Gasteiger partial charge on any atom is 0.138 e. The first-order valence-corrected chi connectivity index (χ1v) is 5.45. The van der Waals surface area contributed by atoms with Gasteiger partial charge in [-0.05, 0) is 35.9 Å². The Morgan fingerprint density at radius 2 is 1.82 bits per heavy atom. The SMILES string of the molecule is Nc1ccc(OCc2ccc(F)cc2)c(Cl)c1. The Morgan fingerprint density at radius 1 is 1.12 bits per heavy atom. The summed E-state index contributed by atoms with van der Waals surface area (Å²) in [5.41, 5.74) is 7.03. The lowest BCUT2D eigenvalue weighted by Gasteiger charge is -2.08. The molecule has 0 heterocycles. The molecule has 0 saturated heterocycles. The van der Waals surface area contributed by atoms with Gasteiger partial charge in [-0.25, -0.2) is 4.39 Å². The van der Waals surface area contributed by atoms with Crippen LogP contribution in [0, 0.1) is 5.82 Å². The number of hydrogen-bond acceptors (Lipinski definition) is 2. The van der Waals surface area contributed by atoms with Gasteiger partial charge in [0.15, 0.2) is 0 Å². The molecule has 88 valence electrons. The van der Waals surface area contributed by atoms with Crippen molar-refractivity contribution < 1.29 is 9.13 Å². The Bertz CT molecular complexity index is 513. The van der Waals surface area contributed by atoms with E-state index < -0.39 is 0 Å². The number of nitrogen functional groups attached to an aromatic ring is 1. The Kier molecular flexibility index (Phi) is 3.49. The number of ether oxygens (including phenoxy) is 1. The molecule has 2 rings (SSSR count). The van der Waals surface area contributed by atoms with E-state index in [2.05, 4.69) is 0 Å². The fourth-order valence-electron chi connectivity index (χ4n) is 1.38. The molecule has 0 bridgehead atoms. The first kappa shape index (κ1) is 11.7. The highest BCUT2D eigenvalue weighted by Crippen LogP contribution is 2.27. The van der Waals surface area contributed by atoms with Gasteiger partial charge in [0, 0.05) is 5.69 Å². The number of halogens is 2. The Morgan fingerprint density at radius 3 is 2.47 bits per heavy atom. The standard InChI is InChI=1S/C13H11ClFNO/c14-12-7-11(16)5-6-13(12)17-8-9-1-3-10(15)4-2-9/h1-7H,8,16H2. The van der Waals surface area contributed by atoms with E-state index in [1.807, 2.05) is 0 Å². The van der Waals surface area contributed by atoms with Crippen molar-refractivity contribution in [2.45, 2.75) is 6.61 Å². The summed E-state index contributed by atoms with van der Waals surface area (Å²) in [5.74, 6) is 0.296. The molecule has 0 atom stereocenters. The minimum absolute atomic E-state index is 0.265. The summed E-state index contributed by atoms with van der Waals surface area (Å²) in [6, 6.07) is 11.2. The van der Waals surface area contributed by atoms with Crippen LogP contribution in [-0.2, 0) is 6.61 Å². The molecule has 0 amide bonds. The molecule has 2 aromatic rings. The summed E-state index contributed by atoms with van der Waals surface area (Å²) in [4.78, 5) is 0. The molecule has 2 N–H and O–H groups in total. The minimum atomic E-state index is -0.265. The topological polar surface area (TPSA) is 35.2 Å². The van der Waals surface area contributed by atoms with Gasteiger partial charge in [0.1, 0.15) is 18.2 Å². The number of anilines is 1. The van der Waals surface area contributed by atoms with E-state index in [0.717, 1.165) is 5.56 Å². The van der Waals surface area contributed by atoms with E-state index in [0.29, 0.717) is 23.1 Å². The predicted molar refractivity (Wildman–Crippen MR) is 66.6 cm³/mol. The Hall–Kier alpha value is -1.74. The van der Waals surface area contributed by atoms with Crippen LogP contribution in [0.3, 0.4) is 0 Å². The van der Waals surface area contributed by atoms with Gasteiger partial charge < -0.3 is 10.5 Å². The molecular weight excluding hydrogens is 241 g/mol. The third kappa shape index (κ3) is 3.11. The van der Waals surface area contributed by atoms with Crippen LogP contribution in [0.5, 0.6) is 5.75 Å². The van der Waals surface area contributed by atoms with Crippen molar-refractivity contribution in [3.05, 3.63) is 58.9 Å². The van der Waals surface area contributed by atoms with Crippen molar-refractivity contribution in [2.24, 2.45) is 0 Å². The average Bonchev–Trinajstić information content (AvgIpc) is 2.30. The summed E-state index contributed by atoms with van der Waals surface area (Å²) in [7, 11) is 0. The summed E-state index contributed by atoms with van der Waals surface area (Å²) in [6.07, 6.45) is 0. The largest absolute Gasteiger partial charge is 0.487 e. The third-order valence-corrected chi connectivity index (χ3v) is 2.56. The van der Waals surface area contributed by atoms with Crippen molar-refractivity contribution in [1.82, 2.24) is 0 Å². The average molecular weight is 252 g/mol. The van der Waals surface area contributed by atoms with Crippen LogP contribution in [0.25, 0.3) is 0 Å². The van der Waals surface area contributed by atoms with Crippen molar-refractivity contribution in [3.8, 4) is 5.75 Å². The number of rotatable bonds is 3. The molecule has 17 heavy (non-hydrogen) atoms. The van der Waals surface area contributed by atoms with Crippen LogP contribution >= 0.6 is 11.6 Å². The monoisotopic (exact) mass is 251 g/mol. The molecule has 0 aliphatic heterocycles. The van der Waals surface area contributed by atoms with E-state index in [4.69, 9.17) is 22.1 Å². The smallest absolute Gasteiger partial charge is 0.138 e. The van der Waals surface area contributed by atoms with Gasteiger partial charge in [-0.2, -0.15) is 0 Å². The molecule has 0 unspecified atom stereocenters. The van der Waals surface area contributed by atoms with Crippen molar-refractivity contribution in [3.63, 3.8) is 0 Å². The maximum absolute atomic E-state index is 12.7. The van der Waals surface area contributed by atoms with Gasteiger partial charge in [-0.15, -0.1) is 0 Å². The number of hydrogen-bond donors (Lipinski definition) is 1. The molecule has 0 aliphatic rings. The second-order valence-electron chi connectivity index (χ2n) is 3.61. The van der Waals surface area contributed by atoms with Gasteiger partial charge in [0.05, 0.1) is 5.02 Å². The van der Waals surface area contributed by atoms with Crippen molar-refractivity contribution >= 4 is 17.3 Å². The van der Waals surface area contributed by atoms with Gasteiger partial charge >= 0.3 is 0 Å². The molecule has 0 aliphatic carbocycles. The van der Waals surface area contributed by atoms with E-state index in [1.54, 1.807) is 30.3 Å². The zero-order chi connectivity index (χ0) is 12.3. The first-order valence-electron chi connectivity index (χ1n) is 5.07. The van der Waals surface area contributed by atoms with Crippen LogP contribution in [-0.4, -0.2) is 0 Å². The fraction of sp³-hybridized carbons (Fsp3) is 0.0769. The van der Waals surface area contributed by atoms with Gasteiger partial charge in [0.2, 0.25) is 0 Å². The maximum atomic E-state index is 12.7. The molecule has 0 spiro atoms. The highest BCUT2D eigenvalue weighted by molar-refractivity contribution is 6.32. The summed E-state index contributed by atoms with van der Waals surface area (Å²) >= 11 is 5.96. The van der Waals surface area contributed by atoms with E-state index in [1.165, 1.54) is 12.1 Å².